The molecule has 0 saturated heterocycles. The largest absolute Gasteiger partial charge is 0.376 e. The van der Waals surface area contributed by atoms with E-state index < -0.39 is 0 Å². The van der Waals surface area contributed by atoms with Crippen LogP contribution in [-0.2, 0) is 11.2 Å². The first-order valence-electron chi connectivity index (χ1n) is 8.12. The molecule has 0 aliphatic carbocycles. The van der Waals surface area contributed by atoms with Gasteiger partial charge in [-0.25, -0.2) is 4.98 Å². The number of anilines is 1. The fourth-order valence-corrected chi connectivity index (χ4v) is 3.43. The summed E-state index contributed by atoms with van der Waals surface area (Å²) >= 11 is 1.66. The van der Waals surface area contributed by atoms with Crippen LogP contribution in [0.5, 0.6) is 0 Å². The van der Waals surface area contributed by atoms with Crippen LogP contribution in [0.2, 0.25) is 0 Å². The van der Waals surface area contributed by atoms with Crippen LogP contribution in [-0.4, -0.2) is 24.0 Å². The Balaban J connectivity index is 1.40. The summed E-state index contributed by atoms with van der Waals surface area (Å²) in [5, 5.41) is 7.18. The maximum absolute atomic E-state index is 11.9. The van der Waals surface area contributed by atoms with E-state index in [4.69, 9.17) is 0 Å². The molecule has 1 heterocycles. The Bertz CT molecular complexity index is 814. The second-order valence-electron chi connectivity index (χ2n) is 5.71. The second-order valence-corrected chi connectivity index (χ2v) is 6.94. The number of aromatic nitrogens is 1. The first-order valence-corrected chi connectivity index (χ1v) is 8.94. The van der Waals surface area contributed by atoms with Gasteiger partial charge in [0.05, 0.1) is 21.8 Å². The third-order valence-electron chi connectivity index (χ3n) is 3.76. The number of hydrogen-bond donors (Lipinski definition) is 2. The third-order valence-corrected chi connectivity index (χ3v) is 4.69. The van der Waals surface area contributed by atoms with Crippen molar-refractivity contribution in [2.24, 2.45) is 0 Å². The number of nitrogens with one attached hydrogen (secondary N) is 2. The fraction of sp³-hybridized carbons (Fsp3) is 0.263. The molecule has 0 bridgehead atoms. The van der Waals surface area contributed by atoms with Gasteiger partial charge >= 0.3 is 0 Å². The van der Waals surface area contributed by atoms with Gasteiger partial charge in [0.15, 0.2) is 0 Å². The molecule has 0 aliphatic heterocycles. The molecule has 2 N–H and O–H groups in total. The monoisotopic (exact) mass is 339 g/mol. The molecule has 1 aromatic heterocycles. The molecule has 0 atom stereocenters. The van der Waals surface area contributed by atoms with Gasteiger partial charge in [-0.1, -0.05) is 30.3 Å². The smallest absolute Gasteiger partial charge is 0.239 e. The number of thiazole rings is 1. The molecule has 2 aromatic carbocycles. The molecule has 3 aromatic rings. The molecule has 0 fully saturated rings. The third kappa shape index (κ3) is 4.55. The van der Waals surface area contributed by atoms with Gasteiger partial charge in [-0.05, 0) is 43.5 Å². The molecule has 1 amide bonds. The summed E-state index contributed by atoms with van der Waals surface area (Å²) in [7, 11) is 0. The Morgan fingerprint density at radius 1 is 1.17 bits per heavy atom. The topological polar surface area (TPSA) is 54.0 Å². The number of aryl methyl sites for hydroxylation is 2. The molecule has 0 saturated carbocycles. The molecule has 3 rings (SSSR count). The maximum Gasteiger partial charge on any atom is 0.239 e. The Kier molecular flexibility index (Phi) is 5.43. The van der Waals surface area contributed by atoms with E-state index in [0.29, 0.717) is 6.54 Å². The van der Waals surface area contributed by atoms with Gasteiger partial charge in [0.2, 0.25) is 5.91 Å². The molecule has 0 radical (unpaired) electrons. The van der Waals surface area contributed by atoms with Crippen molar-refractivity contribution >= 4 is 33.1 Å². The Hall–Kier alpha value is -2.40. The lowest BCUT2D eigenvalue weighted by Crippen LogP contribution is -2.30. The highest BCUT2D eigenvalue weighted by molar-refractivity contribution is 7.18. The summed E-state index contributed by atoms with van der Waals surface area (Å²) < 4.78 is 1.14. The standard InChI is InChI=1S/C19H21N3OS/c1-14-22-17-10-9-16(12-18(17)24-14)21-13-19(23)20-11-5-8-15-6-3-2-4-7-15/h2-4,6-7,9-10,12,21H,5,8,11,13H2,1H3,(H,20,23). The summed E-state index contributed by atoms with van der Waals surface area (Å²) in [4.78, 5) is 16.3. The van der Waals surface area contributed by atoms with Crippen molar-refractivity contribution in [3.63, 3.8) is 0 Å². The van der Waals surface area contributed by atoms with E-state index in [2.05, 4.69) is 27.8 Å². The molecule has 4 nitrogen and oxygen atoms in total. The summed E-state index contributed by atoms with van der Waals surface area (Å²) in [6.07, 6.45) is 1.93. The van der Waals surface area contributed by atoms with Crippen molar-refractivity contribution in [2.75, 3.05) is 18.4 Å². The van der Waals surface area contributed by atoms with Crippen LogP contribution in [0.1, 0.15) is 17.0 Å². The molecule has 24 heavy (non-hydrogen) atoms. The zero-order valence-corrected chi connectivity index (χ0v) is 14.5. The van der Waals surface area contributed by atoms with Crippen molar-refractivity contribution in [1.82, 2.24) is 10.3 Å². The highest BCUT2D eigenvalue weighted by atomic mass is 32.1. The quantitative estimate of drug-likeness (QED) is 0.644. The van der Waals surface area contributed by atoms with Crippen LogP contribution >= 0.6 is 11.3 Å². The van der Waals surface area contributed by atoms with Crippen LogP contribution in [0.15, 0.2) is 48.5 Å². The Morgan fingerprint density at radius 2 is 2.00 bits per heavy atom. The lowest BCUT2D eigenvalue weighted by molar-refractivity contribution is -0.119. The SMILES string of the molecule is Cc1nc2ccc(NCC(=O)NCCCc3ccccc3)cc2s1. The van der Waals surface area contributed by atoms with Gasteiger partial charge in [0.1, 0.15) is 0 Å². The van der Waals surface area contributed by atoms with E-state index in [1.54, 1.807) is 11.3 Å². The summed E-state index contributed by atoms with van der Waals surface area (Å²) in [6.45, 7) is 2.98. The minimum Gasteiger partial charge on any atom is -0.376 e. The number of benzene rings is 2. The normalized spacial score (nSPS) is 10.7. The molecule has 5 heteroatoms. The average Bonchev–Trinajstić information content (AvgIpc) is 2.97. The van der Waals surface area contributed by atoms with Crippen molar-refractivity contribution in [2.45, 2.75) is 19.8 Å². The molecule has 124 valence electrons. The lowest BCUT2D eigenvalue weighted by Gasteiger charge is -2.08. The van der Waals surface area contributed by atoms with Gasteiger partial charge in [0.25, 0.3) is 0 Å². The predicted octanol–water partition coefficient (Wildman–Crippen LogP) is 3.77. The molecular formula is C19H21N3OS. The van der Waals surface area contributed by atoms with Crippen LogP contribution in [0, 0.1) is 6.92 Å². The van der Waals surface area contributed by atoms with Crippen LogP contribution in [0.3, 0.4) is 0 Å². The van der Waals surface area contributed by atoms with Crippen molar-refractivity contribution < 1.29 is 4.79 Å². The minimum atomic E-state index is 0.0173. The van der Waals surface area contributed by atoms with Crippen LogP contribution < -0.4 is 10.6 Å². The number of carbonyl (C=O) groups excluding carboxylic acids is 1. The fourth-order valence-electron chi connectivity index (χ4n) is 2.56. The number of hydrogen-bond acceptors (Lipinski definition) is 4. The minimum absolute atomic E-state index is 0.0173. The zero-order chi connectivity index (χ0) is 16.8. The highest BCUT2D eigenvalue weighted by Crippen LogP contribution is 2.24. The van der Waals surface area contributed by atoms with Gasteiger partial charge in [-0.3, -0.25) is 4.79 Å². The van der Waals surface area contributed by atoms with Crippen molar-refractivity contribution in [1.29, 1.82) is 0 Å². The summed E-state index contributed by atoms with van der Waals surface area (Å²) in [5.74, 6) is 0.0173. The number of rotatable bonds is 7. The van der Waals surface area contributed by atoms with Crippen molar-refractivity contribution in [3.8, 4) is 0 Å². The Labute approximate surface area is 145 Å². The molecular weight excluding hydrogens is 318 g/mol. The van der Waals surface area contributed by atoms with Crippen molar-refractivity contribution in [3.05, 3.63) is 59.1 Å². The van der Waals surface area contributed by atoms with E-state index in [-0.39, 0.29) is 12.5 Å². The highest BCUT2D eigenvalue weighted by Gasteiger charge is 2.04. The van der Waals surface area contributed by atoms with E-state index in [1.807, 2.05) is 43.3 Å². The lowest BCUT2D eigenvalue weighted by atomic mass is 10.1. The first-order chi connectivity index (χ1) is 11.7. The van der Waals surface area contributed by atoms with E-state index in [9.17, 15) is 4.79 Å². The zero-order valence-electron chi connectivity index (χ0n) is 13.7. The van der Waals surface area contributed by atoms with Gasteiger partial charge in [-0.2, -0.15) is 0 Å². The van der Waals surface area contributed by atoms with Gasteiger partial charge < -0.3 is 10.6 Å². The number of fused-ring (bicyclic) bond motifs is 1. The van der Waals surface area contributed by atoms with E-state index in [1.165, 1.54) is 5.56 Å². The van der Waals surface area contributed by atoms with Crippen LogP contribution in [0.4, 0.5) is 5.69 Å². The van der Waals surface area contributed by atoms with Gasteiger partial charge in [-0.15, -0.1) is 11.3 Å². The van der Waals surface area contributed by atoms with Crippen LogP contribution in [0.25, 0.3) is 10.2 Å². The van der Waals surface area contributed by atoms with E-state index >= 15 is 0 Å². The summed E-state index contributed by atoms with van der Waals surface area (Å²) in [6, 6.07) is 16.3. The first kappa shape index (κ1) is 16.5. The predicted molar refractivity (Wildman–Crippen MR) is 101 cm³/mol. The summed E-state index contributed by atoms with van der Waals surface area (Å²) in [5.41, 5.74) is 3.26. The average molecular weight is 339 g/mol. The van der Waals surface area contributed by atoms with E-state index in [0.717, 1.165) is 33.8 Å². The second kappa shape index (κ2) is 7.93. The number of carbonyl (C=O) groups is 1. The maximum atomic E-state index is 11.9. The Morgan fingerprint density at radius 3 is 2.83 bits per heavy atom. The molecule has 0 aliphatic rings. The molecule has 0 spiro atoms. The van der Waals surface area contributed by atoms with Gasteiger partial charge in [0, 0.05) is 12.2 Å². The molecule has 0 unspecified atom stereocenters. The number of amides is 1. The number of nitrogens with zero attached hydrogens (tertiary/aromatic N) is 1.